The van der Waals surface area contributed by atoms with E-state index >= 15 is 0 Å². The molecule has 0 aromatic carbocycles. The van der Waals surface area contributed by atoms with Gasteiger partial charge in [-0.05, 0) is 70.6 Å². The highest BCUT2D eigenvalue weighted by Crippen LogP contribution is 2.38. The zero-order valence-corrected chi connectivity index (χ0v) is 40.5. The molecule has 0 aliphatic rings. The third kappa shape index (κ3) is 44.3. The molecule has 1 amide bonds. The van der Waals surface area contributed by atoms with Gasteiger partial charge in [-0.2, -0.15) is 0 Å². The molecule has 0 heterocycles. The number of aliphatic hydroxyl groups is 1. The SMILES string of the molecule is CCC/C=C/CC/C=C/CC/C=C/C(O)C(COP(=O)([O-])OCC[N+](C)(C)C)NC(=O)CCCCCCCCCCCCC/C=C\C/C=C\CCCCCCCCCCC. The van der Waals surface area contributed by atoms with Crippen molar-refractivity contribution in [2.75, 3.05) is 40.9 Å². The van der Waals surface area contributed by atoms with Gasteiger partial charge in [0.2, 0.25) is 5.91 Å². The number of nitrogens with one attached hydrogen (secondary N) is 1. The minimum Gasteiger partial charge on any atom is -0.756 e. The van der Waals surface area contributed by atoms with Crippen LogP contribution < -0.4 is 10.2 Å². The summed E-state index contributed by atoms with van der Waals surface area (Å²) in [4.78, 5) is 25.3. The molecule has 0 rings (SSSR count). The zero-order valence-electron chi connectivity index (χ0n) is 39.6. The normalized spacial score (nSPS) is 14.7. The minimum absolute atomic E-state index is 0.0115. The Labute approximate surface area is 371 Å². The number of phosphoric acid groups is 1. The van der Waals surface area contributed by atoms with Crippen LogP contribution in [0.25, 0.3) is 0 Å². The fourth-order valence-corrected chi connectivity index (χ4v) is 7.47. The number of carbonyl (C=O) groups is 1. The highest BCUT2D eigenvalue weighted by atomic mass is 31.2. The Morgan fingerprint density at radius 3 is 1.50 bits per heavy atom. The number of rotatable bonds is 44. The van der Waals surface area contributed by atoms with E-state index in [0.717, 1.165) is 57.8 Å². The van der Waals surface area contributed by atoms with Gasteiger partial charge in [0.05, 0.1) is 39.9 Å². The number of allylic oxidation sites excluding steroid dienone is 9. The van der Waals surface area contributed by atoms with Crippen LogP contribution in [0.4, 0.5) is 0 Å². The van der Waals surface area contributed by atoms with Crippen molar-refractivity contribution in [2.24, 2.45) is 0 Å². The molecule has 0 aromatic heterocycles. The number of phosphoric ester groups is 1. The summed E-state index contributed by atoms with van der Waals surface area (Å²) in [6.45, 7) is 4.53. The number of hydrogen-bond donors (Lipinski definition) is 2. The molecule has 0 saturated carbocycles. The third-order valence-electron chi connectivity index (χ3n) is 10.7. The summed E-state index contributed by atoms with van der Waals surface area (Å²) in [6, 6.07) is -0.911. The second-order valence-electron chi connectivity index (χ2n) is 17.8. The number of amides is 1. The van der Waals surface area contributed by atoms with Gasteiger partial charge in [-0.1, -0.05) is 190 Å². The maximum absolute atomic E-state index is 12.9. The Balaban J connectivity index is 4.19. The molecule has 0 saturated heterocycles. The molecule has 2 N–H and O–H groups in total. The molecular formula is C51H95N2O6P. The Morgan fingerprint density at radius 2 is 1.02 bits per heavy atom. The van der Waals surface area contributed by atoms with Gasteiger partial charge in [-0.25, -0.2) is 0 Å². The number of quaternary nitrogens is 1. The summed E-state index contributed by atoms with van der Waals surface area (Å²) in [5.41, 5.74) is 0. The third-order valence-corrected chi connectivity index (χ3v) is 11.6. The fourth-order valence-electron chi connectivity index (χ4n) is 6.75. The van der Waals surface area contributed by atoms with Crippen LogP contribution in [-0.4, -0.2) is 68.5 Å². The number of aliphatic hydroxyl groups excluding tert-OH is 1. The monoisotopic (exact) mass is 863 g/mol. The molecule has 0 fully saturated rings. The van der Waals surface area contributed by atoms with Gasteiger partial charge in [0.25, 0.3) is 7.82 Å². The molecule has 9 heteroatoms. The Bertz CT molecular complexity index is 1160. The van der Waals surface area contributed by atoms with Gasteiger partial charge in [0.15, 0.2) is 0 Å². The van der Waals surface area contributed by atoms with Crippen molar-refractivity contribution in [2.45, 2.75) is 219 Å². The molecule has 0 aliphatic heterocycles. The van der Waals surface area contributed by atoms with Gasteiger partial charge in [-0.15, -0.1) is 0 Å². The molecule has 0 spiro atoms. The lowest BCUT2D eigenvalue weighted by Crippen LogP contribution is -2.45. The molecular weight excluding hydrogens is 768 g/mol. The zero-order chi connectivity index (χ0) is 44.3. The van der Waals surface area contributed by atoms with Crippen LogP contribution in [0.3, 0.4) is 0 Å². The van der Waals surface area contributed by atoms with Crippen LogP contribution in [0.15, 0.2) is 60.8 Å². The summed E-state index contributed by atoms with van der Waals surface area (Å²) in [6.07, 6.45) is 55.8. The highest BCUT2D eigenvalue weighted by molar-refractivity contribution is 7.45. The van der Waals surface area contributed by atoms with E-state index in [0.29, 0.717) is 17.4 Å². The molecule has 350 valence electrons. The number of nitrogens with zero attached hydrogens (tertiary/aromatic N) is 1. The van der Waals surface area contributed by atoms with Crippen molar-refractivity contribution in [3.05, 3.63) is 60.8 Å². The van der Waals surface area contributed by atoms with Crippen molar-refractivity contribution in [3.63, 3.8) is 0 Å². The maximum atomic E-state index is 12.9. The first-order valence-electron chi connectivity index (χ1n) is 24.7. The smallest absolute Gasteiger partial charge is 0.268 e. The van der Waals surface area contributed by atoms with Crippen LogP contribution in [0.2, 0.25) is 0 Å². The lowest BCUT2D eigenvalue weighted by molar-refractivity contribution is -0.870. The topological polar surface area (TPSA) is 108 Å². The molecule has 3 atom stereocenters. The molecule has 0 aromatic rings. The number of carbonyl (C=O) groups excluding carboxylic acids is 1. The van der Waals surface area contributed by atoms with Crippen molar-refractivity contribution in [3.8, 4) is 0 Å². The number of hydrogen-bond acceptors (Lipinski definition) is 6. The fraction of sp³-hybridized carbons (Fsp3) is 0.784. The van der Waals surface area contributed by atoms with Crippen LogP contribution >= 0.6 is 7.82 Å². The summed E-state index contributed by atoms with van der Waals surface area (Å²) in [5, 5.41) is 13.7. The summed E-state index contributed by atoms with van der Waals surface area (Å²) >= 11 is 0. The second kappa shape index (κ2) is 42.5. The van der Waals surface area contributed by atoms with Gasteiger partial charge < -0.3 is 28.8 Å². The first-order valence-corrected chi connectivity index (χ1v) is 26.1. The predicted octanol–water partition coefficient (Wildman–Crippen LogP) is 13.6. The predicted molar refractivity (Wildman–Crippen MR) is 256 cm³/mol. The molecule has 0 aliphatic carbocycles. The minimum atomic E-state index is -4.60. The van der Waals surface area contributed by atoms with Crippen molar-refractivity contribution in [1.29, 1.82) is 0 Å². The maximum Gasteiger partial charge on any atom is 0.268 e. The van der Waals surface area contributed by atoms with E-state index in [2.05, 4.69) is 67.8 Å². The van der Waals surface area contributed by atoms with Crippen LogP contribution in [-0.2, 0) is 18.4 Å². The summed E-state index contributed by atoms with van der Waals surface area (Å²) < 4.78 is 23.2. The Kier molecular flexibility index (Phi) is 41.2. The quantitative estimate of drug-likeness (QED) is 0.0273. The average Bonchev–Trinajstić information content (AvgIpc) is 3.20. The van der Waals surface area contributed by atoms with E-state index in [9.17, 15) is 19.4 Å². The largest absolute Gasteiger partial charge is 0.756 e. The lowest BCUT2D eigenvalue weighted by Gasteiger charge is -2.29. The van der Waals surface area contributed by atoms with Gasteiger partial charge >= 0.3 is 0 Å². The highest BCUT2D eigenvalue weighted by Gasteiger charge is 2.23. The first kappa shape index (κ1) is 58.2. The number of unbranched alkanes of at least 4 members (excludes halogenated alkanes) is 23. The molecule has 8 nitrogen and oxygen atoms in total. The standard InChI is InChI=1S/C51H95N2O6P/c1-6-8-10-12-14-16-18-19-20-21-22-23-24-25-26-27-28-29-30-31-32-33-35-37-39-41-43-45-51(55)52-49(48-59-60(56,57)58-47-46-53(3,4)5)50(54)44-42-40-38-36-34-17-15-13-11-9-7-2/h11,13,22-23,25-26,34,36,42,44,49-50,54H,6-10,12,14-21,24,27-33,35,37-41,43,45-48H2,1-5H3,(H-,52,55,56,57)/b13-11+,23-22-,26-25-,36-34+,44-42+. The molecule has 0 radical (unpaired) electrons. The van der Waals surface area contributed by atoms with Crippen molar-refractivity contribution >= 4 is 13.7 Å². The molecule has 0 bridgehead atoms. The summed E-state index contributed by atoms with van der Waals surface area (Å²) in [7, 11) is 1.23. The van der Waals surface area contributed by atoms with E-state index < -0.39 is 26.6 Å². The van der Waals surface area contributed by atoms with Crippen molar-refractivity contribution < 1.29 is 32.9 Å². The van der Waals surface area contributed by atoms with E-state index in [4.69, 9.17) is 9.05 Å². The number of likely N-dealkylation sites (N-methyl/N-ethyl adjacent to an activating group) is 1. The molecule has 60 heavy (non-hydrogen) atoms. The van der Waals surface area contributed by atoms with Gasteiger partial charge in [-0.3, -0.25) is 9.36 Å². The van der Waals surface area contributed by atoms with E-state index in [1.165, 1.54) is 128 Å². The second-order valence-corrected chi connectivity index (χ2v) is 19.2. The van der Waals surface area contributed by atoms with Gasteiger partial charge in [0.1, 0.15) is 13.2 Å². The van der Waals surface area contributed by atoms with E-state index in [-0.39, 0.29) is 12.5 Å². The van der Waals surface area contributed by atoms with Crippen LogP contribution in [0.1, 0.15) is 206 Å². The lowest BCUT2D eigenvalue weighted by atomic mass is 10.0. The summed E-state index contributed by atoms with van der Waals surface area (Å²) in [5.74, 6) is -0.217. The first-order chi connectivity index (χ1) is 29.0. The average molecular weight is 863 g/mol. The molecule has 3 unspecified atom stereocenters. The van der Waals surface area contributed by atoms with Crippen molar-refractivity contribution in [1.82, 2.24) is 5.32 Å². The van der Waals surface area contributed by atoms with E-state index in [1.54, 1.807) is 6.08 Å². The van der Waals surface area contributed by atoms with Crippen LogP contribution in [0.5, 0.6) is 0 Å². The Morgan fingerprint density at radius 1 is 0.583 bits per heavy atom. The van der Waals surface area contributed by atoms with Crippen LogP contribution in [0, 0.1) is 0 Å². The van der Waals surface area contributed by atoms with Gasteiger partial charge in [0, 0.05) is 6.42 Å². The Hall–Kier alpha value is -1.80. The van der Waals surface area contributed by atoms with E-state index in [1.807, 2.05) is 27.2 Å².